The smallest absolute Gasteiger partial charge is 0.262 e. The van der Waals surface area contributed by atoms with Crippen LogP contribution in [0.15, 0.2) is 11.2 Å². The zero-order valence-corrected chi connectivity index (χ0v) is 13.1. The maximum absolute atomic E-state index is 12.6. The summed E-state index contributed by atoms with van der Waals surface area (Å²) >= 11 is 5.92. The minimum Gasteiger partial charge on any atom is -0.334 e. The van der Waals surface area contributed by atoms with Crippen LogP contribution < -0.4 is 0 Å². The van der Waals surface area contributed by atoms with E-state index in [2.05, 4.69) is 4.98 Å². The monoisotopic (exact) mass is 305 g/mol. The molecule has 0 saturated carbocycles. The molecule has 7 heteroatoms. The molecule has 1 aromatic heterocycles. The largest absolute Gasteiger partial charge is 0.334 e. The molecule has 0 radical (unpaired) electrons. The topological polar surface area (TPSA) is 55.2 Å². The van der Waals surface area contributed by atoms with Gasteiger partial charge in [-0.25, -0.2) is 13.4 Å². The van der Waals surface area contributed by atoms with Crippen molar-refractivity contribution in [2.45, 2.75) is 44.8 Å². The molecule has 1 aliphatic rings. The lowest BCUT2D eigenvalue weighted by Gasteiger charge is -2.23. The summed E-state index contributed by atoms with van der Waals surface area (Å²) in [4.78, 5) is 4.18. The number of imidazole rings is 1. The van der Waals surface area contributed by atoms with Crippen molar-refractivity contribution in [3.8, 4) is 0 Å². The molecule has 2 unspecified atom stereocenters. The Bertz CT molecular complexity index is 555. The van der Waals surface area contributed by atoms with E-state index in [0.717, 1.165) is 12.2 Å². The zero-order chi connectivity index (χ0) is 14.2. The highest BCUT2D eigenvalue weighted by molar-refractivity contribution is 7.89. The molecule has 0 spiro atoms. The highest BCUT2D eigenvalue weighted by Gasteiger charge is 2.40. The molecule has 2 atom stereocenters. The third kappa shape index (κ3) is 2.53. The predicted molar refractivity (Wildman–Crippen MR) is 74.8 cm³/mol. The molecule has 5 nitrogen and oxygen atoms in total. The van der Waals surface area contributed by atoms with Crippen molar-refractivity contribution < 1.29 is 8.42 Å². The molecular weight excluding hydrogens is 286 g/mol. The van der Waals surface area contributed by atoms with Gasteiger partial charge in [0.1, 0.15) is 5.82 Å². The Kier molecular flexibility index (Phi) is 4.23. The fourth-order valence-corrected chi connectivity index (χ4v) is 4.83. The second-order valence-electron chi connectivity index (χ2n) is 5.02. The summed E-state index contributed by atoms with van der Waals surface area (Å²) in [6.45, 7) is 7.06. The Morgan fingerprint density at radius 1 is 1.53 bits per heavy atom. The van der Waals surface area contributed by atoms with Crippen molar-refractivity contribution in [2.24, 2.45) is 5.92 Å². The molecule has 0 bridgehead atoms. The third-order valence-electron chi connectivity index (χ3n) is 3.86. The molecule has 1 aromatic rings. The Balaban J connectivity index is 2.36. The molecule has 2 heterocycles. The van der Waals surface area contributed by atoms with Gasteiger partial charge in [-0.2, -0.15) is 4.31 Å². The lowest BCUT2D eigenvalue weighted by atomic mass is 10.1. The van der Waals surface area contributed by atoms with E-state index in [1.807, 2.05) is 25.3 Å². The van der Waals surface area contributed by atoms with Crippen molar-refractivity contribution >= 4 is 21.6 Å². The number of aromatic nitrogens is 2. The molecule has 2 rings (SSSR count). The molecule has 1 aliphatic heterocycles. The highest BCUT2D eigenvalue weighted by atomic mass is 35.5. The molecule has 0 aliphatic carbocycles. The second-order valence-corrected chi connectivity index (χ2v) is 7.16. The number of rotatable bonds is 4. The Labute approximate surface area is 119 Å². The van der Waals surface area contributed by atoms with Crippen molar-refractivity contribution in [1.29, 1.82) is 0 Å². The summed E-state index contributed by atoms with van der Waals surface area (Å²) < 4.78 is 28.6. The van der Waals surface area contributed by atoms with Crippen LogP contribution in [-0.2, 0) is 16.6 Å². The second kappa shape index (κ2) is 5.42. The van der Waals surface area contributed by atoms with E-state index < -0.39 is 10.0 Å². The van der Waals surface area contributed by atoms with Crippen LogP contribution in [0.2, 0.25) is 0 Å². The normalized spacial score (nSPS) is 25.1. The quantitative estimate of drug-likeness (QED) is 0.798. The number of aryl methyl sites for hydroxylation is 2. The number of alkyl halides is 1. The van der Waals surface area contributed by atoms with Gasteiger partial charge in [0.25, 0.3) is 10.0 Å². The van der Waals surface area contributed by atoms with Gasteiger partial charge in [-0.05, 0) is 26.2 Å². The van der Waals surface area contributed by atoms with Crippen LogP contribution in [0, 0.1) is 12.8 Å². The van der Waals surface area contributed by atoms with E-state index >= 15 is 0 Å². The van der Waals surface area contributed by atoms with Crippen molar-refractivity contribution in [3.05, 3.63) is 12.0 Å². The van der Waals surface area contributed by atoms with Crippen LogP contribution in [0.25, 0.3) is 0 Å². The fraction of sp³-hybridized carbons (Fsp3) is 0.750. The minimum absolute atomic E-state index is 0.126. The third-order valence-corrected chi connectivity index (χ3v) is 5.97. The molecule has 1 saturated heterocycles. The van der Waals surface area contributed by atoms with Gasteiger partial charge in [0, 0.05) is 31.2 Å². The maximum Gasteiger partial charge on any atom is 0.262 e. The molecule has 0 amide bonds. The van der Waals surface area contributed by atoms with E-state index in [0.29, 0.717) is 24.9 Å². The number of sulfonamides is 1. The zero-order valence-electron chi connectivity index (χ0n) is 11.5. The average Bonchev–Trinajstić information content (AvgIpc) is 2.92. The first-order valence-electron chi connectivity index (χ1n) is 6.53. The van der Waals surface area contributed by atoms with E-state index in [9.17, 15) is 8.42 Å². The summed E-state index contributed by atoms with van der Waals surface area (Å²) in [5.41, 5.74) is 0. The van der Waals surface area contributed by atoms with Gasteiger partial charge >= 0.3 is 0 Å². The summed E-state index contributed by atoms with van der Waals surface area (Å²) in [5, 5.41) is 0.135. The standard InChI is InChI=1S/C12H20ClN3O2S/c1-4-15-8-12(14-10(15)3)19(17,18)16-6-5-9(2)11(16)7-13/h8-9,11H,4-7H2,1-3H3. The van der Waals surface area contributed by atoms with Crippen LogP contribution in [0.4, 0.5) is 0 Å². The van der Waals surface area contributed by atoms with Crippen LogP contribution in [0.5, 0.6) is 0 Å². The van der Waals surface area contributed by atoms with Gasteiger partial charge in [-0.15, -0.1) is 11.6 Å². The Hall–Kier alpha value is -0.590. The SMILES string of the molecule is CCn1cc(S(=O)(=O)N2CCC(C)C2CCl)nc1C. The average molecular weight is 306 g/mol. The molecule has 1 fully saturated rings. The van der Waals surface area contributed by atoms with Gasteiger partial charge in [0.05, 0.1) is 0 Å². The van der Waals surface area contributed by atoms with Gasteiger partial charge < -0.3 is 4.57 Å². The van der Waals surface area contributed by atoms with E-state index in [-0.39, 0.29) is 11.1 Å². The molecule has 19 heavy (non-hydrogen) atoms. The Morgan fingerprint density at radius 3 is 2.74 bits per heavy atom. The highest BCUT2D eigenvalue weighted by Crippen LogP contribution is 2.30. The van der Waals surface area contributed by atoms with E-state index in [1.54, 1.807) is 6.20 Å². The molecule has 0 aromatic carbocycles. The van der Waals surface area contributed by atoms with Gasteiger partial charge in [-0.1, -0.05) is 6.92 Å². The molecular formula is C12H20ClN3O2S. The summed E-state index contributed by atoms with van der Waals surface area (Å²) in [5.74, 6) is 1.34. The van der Waals surface area contributed by atoms with E-state index in [1.165, 1.54) is 4.31 Å². The lowest BCUT2D eigenvalue weighted by Crippen LogP contribution is -2.38. The first-order valence-corrected chi connectivity index (χ1v) is 8.50. The van der Waals surface area contributed by atoms with Gasteiger partial charge in [-0.3, -0.25) is 0 Å². The van der Waals surface area contributed by atoms with Crippen LogP contribution in [-0.4, -0.2) is 40.7 Å². The molecule has 0 N–H and O–H groups in total. The van der Waals surface area contributed by atoms with Crippen LogP contribution >= 0.6 is 11.6 Å². The lowest BCUT2D eigenvalue weighted by molar-refractivity contribution is 0.374. The van der Waals surface area contributed by atoms with Gasteiger partial charge in [0.2, 0.25) is 0 Å². The summed E-state index contributed by atoms with van der Waals surface area (Å²) in [6, 6.07) is -0.126. The van der Waals surface area contributed by atoms with Gasteiger partial charge in [0.15, 0.2) is 5.03 Å². The predicted octanol–water partition coefficient (Wildman–Crippen LogP) is 1.85. The first-order chi connectivity index (χ1) is 8.91. The van der Waals surface area contributed by atoms with Crippen molar-refractivity contribution in [2.75, 3.05) is 12.4 Å². The van der Waals surface area contributed by atoms with Crippen LogP contribution in [0.1, 0.15) is 26.1 Å². The first kappa shape index (κ1) is 14.8. The Morgan fingerprint density at radius 2 is 2.21 bits per heavy atom. The minimum atomic E-state index is -3.53. The summed E-state index contributed by atoms with van der Waals surface area (Å²) in [6.07, 6.45) is 2.46. The maximum atomic E-state index is 12.6. The number of hydrogen-bond acceptors (Lipinski definition) is 3. The number of hydrogen-bond donors (Lipinski definition) is 0. The fourth-order valence-electron chi connectivity index (χ4n) is 2.54. The number of nitrogens with zero attached hydrogens (tertiary/aromatic N) is 3. The van der Waals surface area contributed by atoms with E-state index in [4.69, 9.17) is 11.6 Å². The summed E-state index contributed by atoms with van der Waals surface area (Å²) in [7, 11) is -3.53. The van der Waals surface area contributed by atoms with Crippen molar-refractivity contribution in [1.82, 2.24) is 13.9 Å². The molecule has 108 valence electrons. The number of halogens is 1. The van der Waals surface area contributed by atoms with Crippen LogP contribution in [0.3, 0.4) is 0 Å². The van der Waals surface area contributed by atoms with Crippen molar-refractivity contribution in [3.63, 3.8) is 0 Å².